The Kier molecular flexibility index (Phi) is 77.6. The maximum absolute atomic E-state index is 12.0. The van der Waals surface area contributed by atoms with Gasteiger partial charge in [0.25, 0.3) is 5.69 Å². The first-order chi connectivity index (χ1) is 58.1. The Balaban J connectivity index is -0.00000163. The molecule has 0 radical (unpaired) electrons. The quantitative estimate of drug-likeness (QED) is 0.00702. The van der Waals surface area contributed by atoms with Crippen LogP contribution in [-0.2, 0) is 28.6 Å². The van der Waals surface area contributed by atoms with E-state index in [1.54, 1.807) is 24.3 Å². The van der Waals surface area contributed by atoms with Gasteiger partial charge in [0.1, 0.15) is 11.5 Å². The van der Waals surface area contributed by atoms with Crippen molar-refractivity contribution in [3.8, 4) is 11.5 Å². The second kappa shape index (κ2) is 80.7. The molecule has 0 spiro atoms. The van der Waals surface area contributed by atoms with Crippen LogP contribution in [0.3, 0.4) is 0 Å². The number of halogens is 1. The van der Waals surface area contributed by atoms with Crippen LogP contribution in [0.25, 0.3) is 0 Å². The molecular formula is C104H160ClNO16. The van der Waals surface area contributed by atoms with E-state index in [-0.39, 0.29) is 62.8 Å². The number of rotatable bonds is 57. The summed E-state index contributed by atoms with van der Waals surface area (Å²) in [6, 6.07) is 13.7. The summed E-state index contributed by atoms with van der Waals surface area (Å²) >= 11 is 4.95. The number of carbonyl (C=O) groups is 5. The predicted molar refractivity (Wildman–Crippen MR) is 510 cm³/mol. The van der Waals surface area contributed by atoms with Gasteiger partial charge in [0.2, 0.25) is 0 Å². The first-order valence-electron chi connectivity index (χ1n) is 44.3. The molecule has 0 heterocycles. The molecule has 2 aromatic rings. The predicted octanol–water partition coefficient (Wildman–Crippen LogP) is 29.8. The van der Waals surface area contributed by atoms with Gasteiger partial charge in [0.05, 0.1) is 24.7 Å². The van der Waals surface area contributed by atoms with Gasteiger partial charge in [-0.15, -0.1) is 0 Å². The van der Waals surface area contributed by atoms with Crippen LogP contribution in [0.2, 0.25) is 0 Å². The SMILES string of the molecule is CC(C)=CCC/C(C)=C/CC/C(C)=C/CC/C=C(\C)CC/C=C(\C)CCC(=O)O.CC(C)=CCC/C(C)=C/CC/C(C)=C/CC/C=C(\C)CC/C=C(\C)CCC(=O)OCCCO.CC(C)=CCC/C(C)=C/CC/C(C)=C/CC/C=C(\C)CC/C=C(\C)CCC(=O)OCCCOC(=O)Oc1ccc([N+](=O)[O-])cc1.O=C(Cl)Oc1ccccc1.OCCCO. The number of hydrogen-bond donors (Lipinski definition) is 4. The summed E-state index contributed by atoms with van der Waals surface area (Å²) in [6.07, 6.45) is 64.7. The second-order valence-corrected chi connectivity index (χ2v) is 32.5. The summed E-state index contributed by atoms with van der Waals surface area (Å²) in [7, 11) is 0. The molecule has 18 heteroatoms. The Morgan fingerprint density at radius 3 is 0.828 bits per heavy atom. The Morgan fingerprint density at radius 2 is 0.566 bits per heavy atom. The highest BCUT2D eigenvalue weighted by molar-refractivity contribution is 6.61. The number of carboxylic acids is 1. The molecule has 4 N–H and O–H groups in total. The summed E-state index contributed by atoms with van der Waals surface area (Å²) < 4.78 is 24.7. The van der Waals surface area contributed by atoms with E-state index in [2.05, 4.69) is 207 Å². The molecule has 0 aliphatic heterocycles. The van der Waals surface area contributed by atoms with Crippen molar-refractivity contribution in [2.45, 2.75) is 337 Å². The lowest BCUT2D eigenvalue weighted by atomic mass is 10.0. The zero-order valence-electron chi connectivity index (χ0n) is 78.4. The number of para-hydroxylation sites is 1. The number of aliphatic hydroxyl groups excluding tert-OH is 3. The fourth-order valence-electron chi connectivity index (χ4n) is 11.4. The van der Waals surface area contributed by atoms with Crippen molar-refractivity contribution in [1.29, 1.82) is 0 Å². The number of esters is 2. The van der Waals surface area contributed by atoms with Crippen molar-refractivity contribution in [2.75, 3.05) is 39.6 Å². The fraction of sp³-hybridized carbons (Fsp3) is 0.548. The first kappa shape index (κ1) is 117. The monoisotopic (exact) mass is 1710 g/mol. The smallest absolute Gasteiger partial charge is 0.481 e. The largest absolute Gasteiger partial charge is 0.513 e. The first-order valence-corrected chi connectivity index (χ1v) is 44.6. The molecule has 2 rings (SSSR count). The van der Waals surface area contributed by atoms with Crippen LogP contribution < -0.4 is 9.47 Å². The minimum atomic E-state index is -0.927. The number of aliphatic carboxylic acids is 1. The Bertz CT molecular complexity index is 3700. The minimum absolute atomic E-state index is 0.0233. The van der Waals surface area contributed by atoms with Gasteiger partial charge in [-0.05, 0) is 329 Å². The van der Waals surface area contributed by atoms with Gasteiger partial charge >= 0.3 is 29.5 Å². The number of nitrogens with zero attached hydrogens (tertiary/aromatic N) is 1. The standard InChI is InChI=1S/C37H53NO7.C30H50O3.C27H44O2.C7H5ClO2.C3H8O2/c1-29(2)13-9-16-32(5)19-10-17-30(3)14-7-8-15-31(4)18-11-20-33(6)21-26-36(39)43-27-12-28-44-37(40)45-35-24-22-34(23-25-35)38(41)42;1-25(2)13-9-16-28(5)19-10-17-26(3)14-7-8-15-27(4)18-11-20-29(6)21-22-30(32)33-24-12-23-31;1-22(2)12-9-15-25(5)18-10-16-23(3)13-7-8-14-24(4)17-11-19-26(6)20-21-27(28)29;8-7(9)10-6-4-2-1-3-5-6;4-2-1-3-5/h13-15,19-20,22-25H,7-12,16-18,21,26-28H2,1-6H3;13-15,19-20,31H,7-12,16-18,21-24H2,1-6H3;12-14,18-19H,7-11,15-17,20-21H2,1-6H3,(H,28,29);1-5H;4-5H,1-3H2/b30-14+,31-15+,32-19+,33-20+;26-14+,27-15+,28-19+,29-20+;23-13+,24-14+,25-18+,26-19+;;. The number of benzene rings is 2. The molecule has 0 aliphatic rings. The van der Waals surface area contributed by atoms with Crippen LogP contribution in [0.1, 0.15) is 337 Å². The van der Waals surface area contributed by atoms with Gasteiger partial charge in [0.15, 0.2) is 0 Å². The highest BCUT2D eigenvalue weighted by Gasteiger charge is 2.11. The summed E-state index contributed by atoms with van der Waals surface area (Å²) in [5, 5.41) is 43.9. The lowest BCUT2D eigenvalue weighted by Crippen LogP contribution is -2.13. The number of allylic oxidation sites excluding steroid dienone is 30. The van der Waals surface area contributed by atoms with Crippen LogP contribution in [0, 0.1) is 10.1 Å². The van der Waals surface area contributed by atoms with Crippen molar-refractivity contribution in [1.82, 2.24) is 0 Å². The van der Waals surface area contributed by atoms with Crippen molar-refractivity contribution in [3.05, 3.63) is 239 Å². The molecule has 0 saturated carbocycles. The van der Waals surface area contributed by atoms with Gasteiger partial charge in [-0.25, -0.2) is 9.59 Å². The van der Waals surface area contributed by atoms with Crippen LogP contribution in [0.5, 0.6) is 11.5 Å². The Morgan fingerprint density at radius 1 is 0.311 bits per heavy atom. The zero-order valence-corrected chi connectivity index (χ0v) is 79.2. The van der Waals surface area contributed by atoms with E-state index in [0.717, 1.165) is 153 Å². The molecule has 0 atom stereocenters. The molecule has 2 aromatic carbocycles. The molecule has 684 valence electrons. The van der Waals surface area contributed by atoms with Crippen LogP contribution in [0.4, 0.5) is 15.3 Å². The molecule has 0 saturated heterocycles. The third-order valence-corrected chi connectivity index (χ3v) is 19.0. The normalized spacial score (nSPS) is 12.5. The van der Waals surface area contributed by atoms with Crippen LogP contribution in [-0.4, -0.2) is 94.5 Å². The van der Waals surface area contributed by atoms with Gasteiger partial charge in [-0.2, -0.15) is 0 Å². The van der Waals surface area contributed by atoms with Crippen molar-refractivity contribution >= 4 is 46.8 Å². The number of aliphatic hydroxyl groups is 3. The number of non-ortho nitro benzene ring substituents is 1. The van der Waals surface area contributed by atoms with Crippen LogP contribution in [0.15, 0.2) is 229 Å². The van der Waals surface area contributed by atoms with Gasteiger partial charge < -0.3 is 44.1 Å². The maximum atomic E-state index is 12.0. The minimum Gasteiger partial charge on any atom is -0.481 e. The van der Waals surface area contributed by atoms with E-state index in [1.807, 2.05) is 19.9 Å². The zero-order chi connectivity index (χ0) is 91.9. The van der Waals surface area contributed by atoms with Crippen molar-refractivity contribution in [2.24, 2.45) is 0 Å². The highest BCUT2D eigenvalue weighted by atomic mass is 35.5. The van der Waals surface area contributed by atoms with Crippen LogP contribution >= 0.6 is 11.6 Å². The molecule has 17 nitrogen and oxygen atoms in total. The third kappa shape index (κ3) is 84.8. The number of nitro benzene ring substituents is 1. The average molecular weight is 1720 g/mol. The summed E-state index contributed by atoms with van der Waals surface area (Å²) in [5.74, 6) is -0.589. The van der Waals surface area contributed by atoms with E-state index in [9.17, 15) is 34.1 Å². The number of hydrogen-bond acceptors (Lipinski definition) is 15. The molecular weight excluding hydrogens is 1550 g/mol. The Hall–Kier alpha value is -8.74. The van der Waals surface area contributed by atoms with E-state index in [4.69, 9.17) is 51.0 Å². The van der Waals surface area contributed by atoms with E-state index < -0.39 is 22.5 Å². The van der Waals surface area contributed by atoms with E-state index >= 15 is 0 Å². The lowest BCUT2D eigenvalue weighted by Gasteiger charge is -2.07. The molecule has 0 fully saturated rings. The summed E-state index contributed by atoms with van der Waals surface area (Å²) in [4.78, 5) is 66.2. The Labute approximate surface area is 742 Å². The third-order valence-electron chi connectivity index (χ3n) is 18.9. The van der Waals surface area contributed by atoms with Crippen molar-refractivity contribution < 1.29 is 73.0 Å². The van der Waals surface area contributed by atoms with E-state index in [0.29, 0.717) is 57.3 Å². The number of unbranched alkanes of at least 4 members (excludes halogenated alkanes) is 3. The number of carbonyl (C=O) groups excluding carboxylic acids is 4. The van der Waals surface area contributed by atoms with Gasteiger partial charge in [-0.3, -0.25) is 24.5 Å². The fourth-order valence-corrected chi connectivity index (χ4v) is 11.4. The topological polar surface area (TPSA) is 256 Å². The van der Waals surface area contributed by atoms with Gasteiger partial charge in [-0.1, -0.05) is 193 Å². The molecule has 0 bridgehead atoms. The number of nitro groups is 1. The summed E-state index contributed by atoms with van der Waals surface area (Å²) in [6.45, 7) is 39.8. The van der Waals surface area contributed by atoms with Crippen molar-refractivity contribution in [3.63, 3.8) is 0 Å². The molecule has 0 amide bonds. The molecule has 0 unspecified atom stereocenters. The second-order valence-electron chi connectivity index (χ2n) is 32.2. The highest BCUT2D eigenvalue weighted by Crippen LogP contribution is 2.22. The number of carboxylic acid groups (broad SMARTS) is 1. The lowest BCUT2D eigenvalue weighted by molar-refractivity contribution is -0.384. The maximum Gasteiger partial charge on any atom is 0.513 e. The van der Waals surface area contributed by atoms with Gasteiger partial charge in [0, 0.05) is 75.7 Å². The average Bonchev–Trinajstić information content (AvgIpc) is 0.887. The summed E-state index contributed by atoms with van der Waals surface area (Å²) in [5.41, 5.74) is 20.0. The number of ether oxygens (including phenoxy) is 5. The molecule has 0 aromatic heterocycles. The molecule has 122 heavy (non-hydrogen) atoms. The molecule has 0 aliphatic carbocycles. The van der Waals surface area contributed by atoms with E-state index in [1.165, 1.54) is 115 Å².